The summed E-state index contributed by atoms with van der Waals surface area (Å²) in [6, 6.07) is 0. The Labute approximate surface area is 134 Å². The Morgan fingerprint density at radius 2 is 1.68 bits per heavy atom. The van der Waals surface area contributed by atoms with Gasteiger partial charge in [0.1, 0.15) is 6.10 Å². The van der Waals surface area contributed by atoms with Gasteiger partial charge in [0.15, 0.2) is 6.73 Å². The molecule has 0 aromatic rings. The van der Waals surface area contributed by atoms with Crippen molar-refractivity contribution in [1.82, 2.24) is 0 Å². The van der Waals surface area contributed by atoms with Gasteiger partial charge in [-0.1, -0.05) is 51.2 Å². The molecule has 1 unspecified atom stereocenters. The third-order valence-electron chi connectivity index (χ3n) is 2.92. The summed E-state index contributed by atoms with van der Waals surface area (Å²) in [6.45, 7) is 7.90. The Morgan fingerprint density at radius 3 is 2.32 bits per heavy atom. The van der Waals surface area contributed by atoms with Crippen LogP contribution in [0.4, 0.5) is 4.79 Å². The molecule has 0 aliphatic heterocycles. The Hall–Kier alpha value is -1.84. The fourth-order valence-electron chi connectivity index (χ4n) is 1.27. The molecule has 124 valence electrons. The van der Waals surface area contributed by atoms with E-state index in [2.05, 4.69) is 36.2 Å². The van der Waals surface area contributed by atoms with Gasteiger partial charge in [-0.15, -0.1) is 0 Å². The number of carbonyl (C=O) groups excluding carboxylic acids is 1. The van der Waals surface area contributed by atoms with E-state index >= 15 is 0 Å². The van der Waals surface area contributed by atoms with Crippen molar-refractivity contribution < 1.29 is 14.3 Å². The molecule has 1 atom stereocenters. The number of aliphatic imine (C=N–C) groups is 1. The maximum Gasteiger partial charge on any atom is 0.510 e. The Kier molecular flexibility index (Phi) is 12.9. The van der Waals surface area contributed by atoms with Gasteiger partial charge in [0, 0.05) is 6.21 Å². The fourth-order valence-corrected chi connectivity index (χ4v) is 1.27. The molecule has 0 aromatic carbocycles. The highest BCUT2D eigenvalue weighted by atomic mass is 16.7. The number of hydrogen-bond acceptors (Lipinski definition) is 4. The zero-order chi connectivity index (χ0) is 16.6. The molecule has 0 aliphatic carbocycles. The van der Waals surface area contributed by atoms with Crippen LogP contribution in [0.2, 0.25) is 0 Å². The highest BCUT2D eigenvalue weighted by Gasteiger charge is 2.13. The monoisotopic (exact) mass is 307 g/mol. The maximum atomic E-state index is 11.3. The van der Waals surface area contributed by atoms with Gasteiger partial charge in [-0.2, -0.15) is 0 Å². The number of ether oxygens (including phenoxy) is 2. The molecular weight excluding hydrogens is 278 g/mol. The summed E-state index contributed by atoms with van der Waals surface area (Å²) in [4.78, 5) is 15.2. The summed E-state index contributed by atoms with van der Waals surface area (Å²) in [5, 5.41) is 0. The van der Waals surface area contributed by atoms with E-state index in [4.69, 9.17) is 9.47 Å². The quantitative estimate of drug-likeness (QED) is 0.321. The molecule has 0 fully saturated rings. The lowest BCUT2D eigenvalue weighted by molar-refractivity contribution is 0.0164. The Balaban J connectivity index is 3.67. The predicted molar refractivity (Wildman–Crippen MR) is 92.2 cm³/mol. The third kappa shape index (κ3) is 13.2. The second-order valence-electron chi connectivity index (χ2n) is 5.17. The van der Waals surface area contributed by atoms with Crippen LogP contribution < -0.4 is 0 Å². The number of nitrogens with zero attached hydrogens (tertiary/aromatic N) is 1. The molecule has 0 heterocycles. The summed E-state index contributed by atoms with van der Waals surface area (Å²) < 4.78 is 9.87. The predicted octanol–water partition coefficient (Wildman–Crippen LogP) is 5.07. The van der Waals surface area contributed by atoms with Gasteiger partial charge in [-0.25, -0.2) is 4.79 Å². The first kappa shape index (κ1) is 20.2. The molecule has 4 nitrogen and oxygen atoms in total. The number of rotatable bonds is 10. The van der Waals surface area contributed by atoms with Crippen LogP contribution in [-0.4, -0.2) is 25.2 Å². The molecule has 0 bridgehead atoms. The smallest absolute Gasteiger partial charge is 0.431 e. The average Bonchev–Trinajstić information content (AvgIpc) is 2.48. The summed E-state index contributed by atoms with van der Waals surface area (Å²) in [5.41, 5.74) is 0. The van der Waals surface area contributed by atoms with E-state index in [0.29, 0.717) is 0 Å². The van der Waals surface area contributed by atoms with Gasteiger partial charge < -0.3 is 9.47 Å². The van der Waals surface area contributed by atoms with E-state index in [1.807, 2.05) is 32.9 Å². The van der Waals surface area contributed by atoms with E-state index in [9.17, 15) is 4.79 Å². The second kappa shape index (κ2) is 14.1. The van der Waals surface area contributed by atoms with Crippen LogP contribution in [0.25, 0.3) is 0 Å². The molecule has 0 saturated carbocycles. The van der Waals surface area contributed by atoms with Crippen LogP contribution in [0, 0.1) is 5.92 Å². The van der Waals surface area contributed by atoms with Crippen LogP contribution in [0.15, 0.2) is 41.4 Å². The minimum atomic E-state index is -0.676. The number of hydrogen-bond donors (Lipinski definition) is 0. The summed E-state index contributed by atoms with van der Waals surface area (Å²) in [5.74, 6) is 0.268. The summed E-state index contributed by atoms with van der Waals surface area (Å²) in [7, 11) is 0. The van der Waals surface area contributed by atoms with Crippen LogP contribution in [0.1, 0.15) is 47.0 Å². The van der Waals surface area contributed by atoms with Crippen LogP contribution in [-0.2, 0) is 9.47 Å². The van der Waals surface area contributed by atoms with Crippen LogP contribution >= 0.6 is 0 Å². The first-order valence-corrected chi connectivity index (χ1v) is 7.86. The fraction of sp³-hybridized carbons (Fsp3) is 0.556. The number of carbonyl (C=O) groups is 1. The third-order valence-corrected chi connectivity index (χ3v) is 2.92. The highest BCUT2D eigenvalue weighted by Crippen LogP contribution is 2.06. The molecule has 22 heavy (non-hydrogen) atoms. The van der Waals surface area contributed by atoms with Crippen molar-refractivity contribution in [1.29, 1.82) is 0 Å². The van der Waals surface area contributed by atoms with Crippen LogP contribution in [0.3, 0.4) is 0 Å². The lowest BCUT2D eigenvalue weighted by Gasteiger charge is -2.15. The van der Waals surface area contributed by atoms with Crippen molar-refractivity contribution in [2.75, 3.05) is 6.73 Å². The van der Waals surface area contributed by atoms with Gasteiger partial charge in [0.05, 0.1) is 0 Å². The van der Waals surface area contributed by atoms with Crippen molar-refractivity contribution in [3.8, 4) is 0 Å². The van der Waals surface area contributed by atoms with Crippen molar-refractivity contribution in [2.45, 2.75) is 53.1 Å². The van der Waals surface area contributed by atoms with Gasteiger partial charge >= 0.3 is 6.16 Å². The second-order valence-corrected chi connectivity index (χ2v) is 5.17. The molecule has 0 aliphatic rings. The molecule has 0 amide bonds. The summed E-state index contributed by atoms with van der Waals surface area (Å²) >= 11 is 0. The van der Waals surface area contributed by atoms with Gasteiger partial charge in [0.2, 0.25) is 0 Å². The lowest BCUT2D eigenvalue weighted by atomic mass is 10.1. The van der Waals surface area contributed by atoms with Crippen molar-refractivity contribution in [2.24, 2.45) is 10.9 Å². The highest BCUT2D eigenvalue weighted by molar-refractivity contribution is 5.71. The molecule has 4 heteroatoms. The first-order valence-electron chi connectivity index (χ1n) is 7.86. The zero-order valence-corrected chi connectivity index (χ0v) is 14.2. The normalized spacial score (nSPS) is 13.9. The SMILES string of the molecule is CC/C=C\C/C=C\C/C=C\C=NCOC(=O)OC(C)C(C)C. The van der Waals surface area contributed by atoms with E-state index in [1.165, 1.54) is 0 Å². The molecule has 0 saturated heterocycles. The molecule has 0 spiro atoms. The van der Waals surface area contributed by atoms with Crippen molar-refractivity contribution in [3.05, 3.63) is 36.5 Å². The van der Waals surface area contributed by atoms with E-state index in [-0.39, 0.29) is 18.8 Å². The molecule has 0 aromatic heterocycles. The average molecular weight is 307 g/mol. The topological polar surface area (TPSA) is 47.9 Å². The standard InChI is InChI=1S/C18H29NO3/c1-5-6-7-8-9-10-11-12-13-14-19-15-21-18(20)22-17(4)16(2)3/h6-7,9-10,12-14,16-17H,5,8,11,15H2,1-4H3/b7-6-,10-9-,13-12-,19-14?. The van der Waals surface area contributed by atoms with Gasteiger partial charge in [-0.05, 0) is 38.2 Å². The first-order chi connectivity index (χ1) is 10.6. The van der Waals surface area contributed by atoms with E-state index in [1.54, 1.807) is 6.21 Å². The largest absolute Gasteiger partial charge is 0.510 e. The Morgan fingerprint density at radius 1 is 1.05 bits per heavy atom. The molecule has 0 N–H and O–H groups in total. The summed E-state index contributed by atoms with van der Waals surface area (Å²) in [6.07, 6.45) is 16.1. The van der Waals surface area contributed by atoms with E-state index < -0.39 is 6.16 Å². The zero-order valence-electron chi connectivity index (χ0n) is 14.2. The Bertz CT molecular complexity index is 395. The van der Waals surface area contributed by atoms with E-state index in [0.717, 1.165) is 19.3 Å². The number of allylic oxidation sites excluding steroid dienone is 6. The maximum absolute atomic E-state index is 11.3. The minimum absolute atomic E-state index is 0.0222. The minimum Gasteiger partial charge on any atom is -0.431 e. The van der Waals surface area contributed by atoms with Crippen molar-refractivity contribution in [3.63, 3.8) is 0 Å². The molecule has 0 rings (SSSR count). The van der Waals surface area contributed by atoms with Crippen molar-refractivity contribution >= 4 is 12.4 Å². The lowest BCUT2D eigenvalue weighted by Crippen LogP contribution is -2.20. The van der Waals surface area contributed by atoms with Gasteiger partial charge in [0.25, 0.3) is 0 Å². The molecule has 0 radical (unpaired) electrons. The van der Waals surface area contributed by atoms with Gasteiger partial charge in [-0.3, -0.25) is 4.99 Å². The van der Waals surface area contributed by atoms with Crippen LogP contribution in [0.5, 0.6) is 0 Å². The molecular formula is C18H29NO3.